The van der Waals surface area contributed by atoms with E-state index in [4.69, 9.17) is 44.0 Å². The summed E-state index contributed by atoms with van der Waals surface area (Å²) in [6.07, 6.45) is 0.254. The molecule has 0 bridgehead atoms. The molecule has 1 heterocycles. The topological polar surface area (TPSA) is 566 Å². The number of aliphatic hydroxyl groups is 4. The zero-order chi connectivity index (χ0) is 70.2. The smallest absolute Gasteiger partial charge is 0.335 e. The molecule has 0 saturated carbocycles. The summed E-state index contributed by atoms with van der Waals surface area (Å²) < 4.78 is 10.2. The van der Waals surface area contributed by atoms with E-state index in [0.717, 1.165) is 71.5 Å². The van der Waals surface area contributed by atoms with Gasteiger partial charge in [0.05, 0.1) is 44.1 Å². The molecular formula is C58H101ClN14O20. The average molecular weight is 1350 g/mol. The third-order valence-electron chi connectivity index (χ3n) is 14.7. The second-order valence-electron chi connectivity index (χ2n) is 22.4. The Morgan fingerprint density at radius 2 is 1.12 bits per heavy atom. The summed E-state index contributed by atoms with van der Waals surface area (Å²) in [6.45, 7) is 2.77. The van der Waals surface area contributed by atoms with Crippen LogP contribution in [0.5, 0.6) is 0 Å². The Morgan fingerprint density at radius 1 is 0.613 bits per heavy atom. The van der Waals surface area contributed by atoms with E-state index in [2.05, 4.69) is 49.5 Å². The fourth-order valence-electron chi connectivity index (χ4n) is 9.38. The average Bonchev–Trinajstić information content (AvgIpc) is 3.42. The largest absolute Gasteiger partial charge is 0.479 e. The molecule has 0 aromatic rings. The van der Waals surface area contributed by atoms with Gasteiger partial charge in [0.1, 0.15) is 60.6 Å². The number of cyclic esters (lactones) is 1. The van der Waals surface area contributed by atoms with E-state index in [9.17, 15) is 87.9 Å². The molecule has 1 aliphatic heterocycles. The second kappa shape index (κ2) is 46.8. The number of carboxylic acid groups (broad SMARTS) is 1. The molecule has 34 nitrogen and oxygen atoms in total. The predicted molar refractivity (Wildman–Crippen MR) is 335 cm³/mol. The number of halogens is 1. The van der Waals surface area contributed by atoms with E-state index in [1.165, 1.54) is 6.92 Å². The minimum atomic E-state index is -2.85. The SMILES string of the molecule is C/C=C1\NC(=O)[C@H]([C@@H](C)O)NC(=O)[C@H](CCN)NC(=O)[C@H](CCCCN)NC(=O)[C@H](CC(=O)N[C@@H](CCCCN)C(=O)OC)NC(=O)[C@@H](CCN)NC(=O)[C@@H](NC(=O)C[C@H](O)CCCCCCCCCCC)COC(=O)[C@H]([C@H](O)CCl)NC(=O)[C@H]([C@H](O)C(=O)O)NC1=O. The van der Waals surface area contributed by atoms with Crippen molar-refractivity contribution in [2.45, 2.75) is 228 Å². The first-order valence-electron chi connectivity index (χ1n) is 31.4. The fourth-order valence-corrected chi connectivity index (χ4v) is 9.55. The third-order valence-corrected chi connectivity index (χ3v) is 15.1. The van der Waals surface area contributed by atoms with Crippen molar-refractivity contribution in [1.29, 1.82) is 0 Å². The monoisotopic (exact) mass is 1350 g/mol. The number of carbonyl (C=O) groups is 13. The van der Waals surface area contributed by atoms with E-state index in [1.54, 1.807) is 0 Å². The number of alkyl halides is 1. The summed E-state index contributed by atoms with van der Waals surface area (Å²) in [5.74, 6) is -18.1. The Kier molecular flexibility index (Phi) is 42.2. The molecule has 1 saturated heterocycles. The molecular weight excluding hydrogens is 1250 g/mol. The molecule has 1 rings (SSSR count). The van der Waals surface area contributed by atoms with E-state index in [-0.39, 0.29) is 64.7 Å². The van der Waals surface area contributed by atoms with Crippen LogP contribution in [-0.4, -0.2) is 227 Å². The van der Waals surface area contributed by atoms with Gasteiger partial charge < -0.3 is 111 Å². The van der Waals surface area contributed by atoms with Crippen LogP contribution < -0.4 is 76.1 Å². The Bertz CT molecular complexity index is 2460. The van der Waals surface area contributed by atoms with Crippen LogP contribution in [0.1, 0.15) is 149 Å². The van der Waals surface area contributed by atoms with Crippen molar-refractivity contribution in [3.63, 3.8) is 0 Å². The summed E-state index contributed by atoms with van der Waals surface area (Å²) in [6, 6.07) is -17.3. The predicted octanol–water partition coefficient (Wildman–Crippen LogP) is -5.46. The minimum absolute atomic E-state index is 0.0201. The van der Waals surface area contributed by atoms with Gasteiger partial charge in [0.25, 0.3) is 5.91 Å². The van der Waals surface area contributed by atoms with Gasteiger partial charge in [0, 0.05) is 0 Å². The highest BCUT2D eigenvalue weighted by molar-refractivity contribution is 6.18. The van der Waals surface area contributed by atoms with Gasteiger partial charge in [-0.05, 0) is 97.8 Å². The van der Waals surface area contributed by atoms with E-state index in [1.807, 2.05) is 10.6 Å². The maximum atomic E-state index is 14.6. The first-order valence-corrected chi connectivity index (χ1v) is 32.0. The molecule has 13 atom stereocenters. The van der Waals surface area contributed by atoms with Gasteiger partial charge in [-0.3, -0.25) is 47.9 Å². The standard InChI is InChI=1S/C58H101ClN14O20/c1-5-7-8-9-10-11-12-13-14-19-33(75)28-42(77)65-40-31-93-58(91)45(41(76)30-59)72-55(87)46(47(79)56(88)89)73-48(80)34(6-2)66-54(86)44(32(3)74)71-51(83)37(23-27-63)68-49(81)35(20-15-17-24-60)67-52(84)39(70-50(82)36(22-26-62)69-53(40)85)29-43(78)64-38(57(90)92-4)21-16-18-25-61/h6,32-33,35-41,44-47,74-76,79H,5,7-31,60-63H2,1-4H3,(H,64,78)(H,65,77)(H,66,86)(H,67,84)(H,68,81)(H,69,85)(H,70,82)(H,71,83)(H,72,87)(H,73,80)(H,88,89)/b34-6-/t32-,33-,35+,36-,37+,38+,39+,40+,41-,44+,45+,46+,47+/m1/s1. The highest BCUT2D eigenvalue weighted by Gasteiger charge is 2.41. The number of carbonyl (C=O) groups excluding carboxylic acids is 12. The number of nitrogens with one attached hydrogen (secondary N) is 10. The normalized spacial score (nSPS) is 23.4. The number of esters is 2. The minimum Gasteiger partial charge on any atom is -0.479 e. The maximum Gasteiger partial charge on any atom is 0.335 e. The van der Waals surface area contributed by atoms with Crippen molar-refractivity contribution in [3.05, 3.63) is 11.8 Å². The Hall–Kier alpha value is -7.18. The number of hydrogen-bond acceptors (Lipinski definition) is 23. The van der Waals surface area contributed by atoms with Crippen molar-refractivity contribution in [2.24, 2.45) is 22.9 Å². The summed E-state index contributed by atoms with van der Waals surface area (Å²) in [7, 11) is 1.06. The number of hydrogen-bond donors (Lipinski definition) is 19. The molecule has 1 aliphatic rings. The zero-order valence-electron chi connectivity index (χ0n) is 53.5. The number of amides is 10. The molecule has 10 amide bonds. The summed E-state index contributed by atoms with van der Waals surface area (Å²) in [5, 5.41) is 75.7. The lowest BCUT2D eigenvalue weighted by Crippen LogP contribution is -2.62. The molecule has 0 radical (unpaired) electrons. The highest BCUT2D eigenvalue weighted by atomic mass is 35.5. The van der Waals surface area contributed by atoms with Crippen LogP contribution >= 0.6 is 11.6 Å². The molecule has 93 heavy (non-hydrogen) atoms. The first-order chi connectivity index (χ1) is 44.2. The Labute approximate surface area is 545 Å². The van der Waals surface area contributed by atoms with Crippen LogP contribution in [0.25, 0.3) is 0 Å². The van der Waals surface area contributed by atoms with Crippen molar-refractivity contribution in [3.8, 4) is 0 Å². The van der Waals surface area contributed by atoms with Gasteiger partial charge in [-0.15, -0.1) is 11.6 Å². The van der Waals surface area contributed by atoms with Crippen molar-refractivity contribution < 1.29 is 97.3 Å². The van der Waals surface area contributed by atoms with Crippen LogP contribution in [0, 0.1) is 0 Å². The van der Waals surface area contributed by atoms with Gasteiger partial charge in [-0.25, -0.2) is 14.4 Å². The number of ether oxygens (including phenoxy) is 2. The molecule has 1 fully saturated rings. The van der Waals surface area contributed by atoms with Crippen LogP contribution in [0.2, 0.25) is 0 Å². The van der Waals surface area contributed by atoms with Gasteiger partial charge in [0.15, 0.2) is 12.1 Å². The summed E-state index contributed by atoms with van der Waals surface area (Å²) in [5.41, 5.74) is 22.3. The van der Waals surface area contributed by atoms with Gasteiger partial charge in [-0.2, -0.15) is 0 Å². The zero-order valence-corrected chi connectivity index (χ0v) is 54.3. The van der Waals surface area contributed by atoms with Crippen LogP contribution in [-0.2, 0) is 71.8 Å². The lowest BCUT2D eigenvalue weighted by molar-refractivity contribution is -0.155. The fraction of sp³-hybridized carbons (Fsp3) is 0.741. The maximum absolute atomic E-state index is 14.6. The molecule has 0 unspecified atom stereocenters. The number of carboxylic acids is 1. The Morgan fingerprint density at radius 3 is 1.65 bits per heavy atom. The molecule has 0 aliphatic carbocycles. The van der Waals surface area contributed by atoms with Gasteiger partial charge >= 0.3 is 17.9 Å². The van der Waals surface area contributed by atoms with Crippen LogP contribution in [0.15, 0.2) is 11.8 Å². The number of aliphatic carboxylic acids is 1. The molecule has 0 spiro atoms. The number of allylic oxidation sites excluding steroid dienone is 1. The summed E-state index contributed by atoms with van der Waals surface area (Å²) in [4.78, 5) is 180. The highest BCUT2D eigenvalue weighted by Crippen LogP contribution is 2.15. The van der Waals surface area contributed by atoms with Gasteiger partial charge in [-0.1, -0.05) is 70.8 Å². The van der Waals surface area contributed by atoms with Gasteiger partial charge in [0.2, 0.25) is 53.2 Å². The number of unbranched alkanes of at least 4 members (excludes halogenated alkanes) is 10. The molecule has 0 aromatic carbocycles. The third kappa shape index (κ3) is 32.0. The second-order valence-corrected chi connectivity index (χ2v) is 22.7. The van der Waals surface area contributed by atoms with Crippen molar-refractivity contribution >= 4 is 88.6 Å². The van der Waals surface area contributed by atoms with Crippen LogP contribution in [0.4, 0.5) is 0 Å². The molecule has 35 heteroatoms. The molecule has 0 aromatic heterocycles. The lowest BCUT2D eigenvalue weighted by atomic mass is 10.0. The number of rotatable bonds is 34. The first kappa shape index (κ1) is 83.8. The van der Waals surface area contributed by atoms with Crippen molar-refractivity contribution in [2.75, 3.05) is 45.8 Å². The Balaban J connectivity index is 4.23. The van der Waals surface area contributed by atoms with E-state index < -0.39 is 193 Å². The summed E-state index contributed by atoms with van der Waals surface area (Å²) >= 11 is 5.91. The van der Waals surface area contributed by atoms with Crippen molar-refractivity contribution in [1.82, 2.24) is 53.2 Å². The van der Waals surface area contributed by atoms with E-state index >= 15 is 0 Å². The molecule has 23 N–H and O–H groups in total. The number of aliphatic hydroxyl groups excluding tert-OH is 4. The number of methoxy groups -OCH3 is 1. The quantitative estimate of drug-likeness (QED) is 0.0124. The molecule has 530 valence electrons. The van der Waals surface area contributed by atoms with Crippen LogP contribution in [0.3, 0.4) is 0 Å². The number of nitrogens with two attached hydrogens (primary N) is 4. The van der Waals surface area contributed by atoms with E-state index in [0.29, 0.717) is 19.3 Å². The lowest BCUT2D eigenvalue weighted by Gasteiger charge is -2.29.